The van der Waals surface area contributed by atoms with E-state index < -0.39 is 0 Å². The molecule has 2 aliphatic rings. The maximum absolute atomic E-state index is 14.1. The maximum Gasteiger partial charge on any atom is 0.310 e. The number of piperidine rings is 1. The normalized spacial score (nSPS) is 20.6. The fourth-order valence-electron chi connectivity index (χ4n) is 6.30. The van der Waals surface area contributed by atoms with Crippen LogP contribution in [-0.4, -0.2) is 53.6 Å². The van der Waals surface area contributed by atoms with Crippen molar-refractivity contribution < 1.29 is 13.9 Å². The Morgan fingerprint density at radius 2 is 1.86 bits per heavy atom. The smallest absolute Gasteiger partial charge is 0.310 e. The number of nitrogens with zero attached hydrogens (tertiary/aromatic N) is 3. The Kier molecular flexibility index (Phi) is 6.94. The predicted octanol–water partition coefficient (Wildman–Crippen LogP) is 5.08. The SMILES string of the molecule is CCCn1cc(CN2CCC3(CC2)CN(Cc2ccccc2)CC3C(=O)OC)c2cc(F)ccc21. The fourth-order valence-corrected chi connectivity index (χ4v) is 6.30. The lowest BCUT2D eigenvalue weighted by atomic mass is 9.70. The van der Waals surface area contributed by atoms with Gasteiger partial charge in [0.1, 0.15) is 5.82 Å². The van der Waals surface area contributed by atoms with E-state index in [1.165, 1.54) is 18.2 Å². The van der Waals surface area contributed by atoms with Crippen molar-refractivity contribution in [2.24, 2.45) is 11.3 Å². The van der Waals surface area contributed by atoms with E-state index in [9.17, 15) is 9.18 Å². The van der Waals surface area contributed by atoms with Crippen molar-refractivity contribution in [2.45, 2.75) is 45.8 Å². The summed E-state index contributed by atoms with van der Waals surface area (Å²) >= 11 is 0. The number of hydrogen-bond donors (Lipinski definition) is 0. The number of methoxy groups -OCH3 is 1. The third-order valence-electron chi connectivity index (χ3n) is 8.09. The molecule has 3 aromatic rings. The Morgan fingerprint density at radius 1 is 1.09 bits per heavy atom. The second kappa shape index (κ2) is 10.1. The van der Waals surface area contributed by atoms with Crippen LogP contribution < -0.4 is 0 Å². The van der Waals surface area contributed by atoms with Gasteiger partial charge >= 0.3 is 5.97 Å². The van der Waals surface area contributed by atoms with E-state index in [4.69, 9.17) is 4.74 Å². The number of aryl methyl sites for hydroxylation is 1. The first-order chi connectivity index (χ1) is 17.0. The number of benzene rings is 2. The summed E-state index contributed by atoms with van der Waals surface area (Å²) in [7, 11) is 1.51. The molecule has 0 amide bonds. The Morgan fingerprint density at radius 3 is 2.57 bits per heavy atom. The van der Waals surface area contributed by atoms with Gasteiger partial charge in [-0.1, -0.05) is 37.3 Å². The average Bonchev–Trinajstić information content (AvgIpc) is 3.38. The van der Waals surface area contributed by atoms with Gasteiger partial charge in [0.15, 0.2) is 0 Å². The molecule has 1 spiro atoms. The van der Waals surface area contributed by atoms with E-state index in [2.05, 4.69) is 51.8 Å². The lowest BCUT2D eigenvalue weighted by molar-refractivity contribution is -0.149. The summed E-state index contributed by atoms with van der Waals surface area (Å²) in [4.78, 5) is 17.7. The molecule has 2 saturated heterocycles. The van der Waals surface area contributed by atoms with Crippen LogP contribution in [0.15, 0.2) is 54.7 Å². The van der Waals surface area contributed by atoms with Crippen LogP contribution in [0.4, 0.5) is 4.39 Å². The third-order valence-corrected chi connectivity index (χ3v) is 8.09. The van der Waals surface area contributed by atoms with Gasteiger partial charge in [-0.2, -0.15) is 0 Å². The van der Waals surface area contributed by atoms with E-state index in [1.54, 1.807) is 12.1 Å². The Bertz CT molecular complexity index is 1170. The minimum absolute atomic E-state index is 0.0410. The molecule has 6 heteroatoms. The zero-order chi connectivity index (χ0) is 24.4. The molecule has 0 saturated carbocycles. The van der Waals surface area contributed by atoms with Crippen molar-refractivity contribution in [3.05, 3.63) is 71.7 Å². The number of halogens is 1. The van der Waals surface area contributed by atoms with Crippen molar-refractivity contribution in [3.8, 4) is 0 Å². The molecule has 5 rings (SSSR count). The highest BCUT2D eigenvalue weighted by Crippen LogP contribution is 2.46. The summed E-state index contributed by atoms with van der Waals surface area (Å²) in [6, 6.07) is 15.6. The van der Waals surface area contributed by atoms with Crippen LogP contribution in [0.25, 0.3) is 10.9 Å². The van der Waals surface area contributed by atoms with Gasteiger partial charge in [-0.3, -0.25) is 14.6 Å². The average molecular weight is 478 g/mol. The number of carbonyl (C=O) groups is 1. The molecule has 2 fully saturated rings. The first kappa shape index (κ1) is 24.0. The highest BCUT2D eigenvalue weighted by Gasteiger charge is 2.51. The minimum atomic E-state index is -0.184. The molecule has 1 atom stereocenters. The molecular formula is C29H36FN3O2. The molecule has 0 radical (unpaired) electrons. The van der Waals surface area contributed by atoms with Gasteiger partial charge in [-0.15, -0.1) is 0 Å². The quantitative estimate of drug-likeness (QED) is 0.445. The second-order valence-electron chi connectivity index (χ2n) is 10.4. The standard InChI is InChI=1S/C29H36FN3O2/c1-3-13-33-19-23(25-16-24(30)9-10-27(25)33)18-31-14-11-29(12-15-31)21-32(20-26(29)28(34)35-2)17-22-7-5-4-6-8-22/h4-10,16,19,26H,3,11-15,17-18,20-21H2,1-2H3. The first-order valence-corrected chi connectivity index (χ1v) is 12.8. The Labute approximate surface area is 207 Å². The molecule has 186 valence electrons. The zero-order valence-electron chi connectivity index (χ0n) is 20.9. The number of carbonyl (C=O) groups excluding carboxylic acids is 1. The molecule has 3 heterocycles. The summed E-state index contributed by atoms with van der Waals surface area (Å²) in [5.41, 5.74) is 3.53. The van der Waals surface area contributed by atoms with Crippen LogP contribution >= 0.6 is 0 Å². The topological polar surface area (TPSA) is 37.7 Å². The van der Waals surface area contributed by atoms with Crippen molar-refractivity contribution in [1.82, 2.24) is 14.4 Å². The monoisotopic (exact) mass is 477 g/mol. The number of ether oxygens (including phenoxy) is 1. The number of esters is 1. The van der Waals surface area contributed by atoms with E-state index >= 15 is 0 Å². The van der Waals surface area contributed by atoms with Crippen LogP contribution in [0.3, 0.4) is 0 Å². The van der Waals surface area contributed by atoms with Gasteiger partial charge < -0.3 is 9.30 Å². The molecule has 0 N–H and O–H groups in total. The first-order valence-electron chi connectivity index (χ1n) is 12.8. The molecule has 1 aromatic heterocycles. The number of hydrogen-bond acceptors (Lipinski definition) is 4. The van der Waals surface area contributed by atoms with E-state index in [-0.39, 0.29) is 23.1 Å². The van der Waals surface area contributed by atoms with Crippen molar-refractivity contribution in [1.29, 1.82) is 0 Å². The lowest BCUT2D eigenvalue weighted by Gasteiger charge is -2.41. The number of fused-ring (bicyclic) bond motifs is 1. The number of rotatable bonds is 7. The molecule has 2 aliphatic heterocycles. The Hall–Kier alpha value is -2.70. The van der Waals surface area contributed by atoms with Crippen molar-refractivity contribution >= 4 is 16.9 Å². The van der Waals surface area contributed by atoms with Crippen LogP contribution in [-0.2, 0) is 29.2 Å². The third kappa shape index (κ3) is 4.87. The summed E-state index contributed by atoms with van der Waals surface area (Å²) in [6.07, 6.45) is 5.19. The molecule has 0 aliphatic carbocycles. The van der Waals surface area contributed by atoms with Crippen LogP contribution in [0.1, 0.15) is 37.3 Å². The minimum Gasteiger partial charge on any atom is -0.469 e. The van der Waals surface area contributed by atoms with Gasteiger partial charge in [0.2, 0.25) is 0 Å². The van der Waals surface area contributed by atoms with E-state index in [0.717, 1.165) is 76.0 Å². The molecule has 1 unspecified atom stereocenters. The van der Waals surface area contributed by atoms with Gasteiger partial charge in [0.25, 0.3) is 0 Å². The van der Waals surface area contributed by atoms with Crippen LogP contribution in [0, 0.1) is 17.2 Å². The predicted molar refractivity (Wildman–Crippen MR) is 136 cm³/mol. The molecule has 5 nitrogen and oxygen atoms in total. The summed E-state index contributed by atoms with van der Waals surface area (Å²) < 4.78 is 21.6. The van der Waals surface area contributed by atoms with Crippen molar-refractivity contribution in [3.63, 3.8) is 0 Å². The van der Waals surface area contributed by atoms with Crippen molar-refractivity contribution in [2.75, 3.05) is 33.3 Å². The summed E-state index contributed by atoms with van der Waals surface area (Å²) in [5, 5.41) is 1.01. The molecule has 2 aromatic carbocycles. The highest BCUT2D eigenvalue weighted by molar-refractivity contribution is 5.84. The van der Waals surface area contributed by atoms with Gasteiger partial charge in [-0.25, -0.2) is 4.39 Å². The second-order valence-corrected chi connectivity index (χ2v) is 10.4. The van der Waals surface area contributed by atoms with E-state index in [1.807, 2.05) is 12.1 Å². The Balaban J connectivity index is 1.30. The molecule has 0 bridgehead atoms. The number of aromatic nitrogens is 1. The zero-order valence-corrected chi connectivity index (χ0v) is 20.9. The fraction of sp³-hybridized carbons (Fsp3) is 0.483. The van der Waals surface area contributed by atoms with Crippen LogP contribution in [0.2, 0.25) is 0 Å². The maximum atomic E-state index is 14.1. The van der Waals surface area contributed by atoms with Crippen LogP contribution in [0.5, 0.6) is 0 Å². The molecular weight excluding hydrogens is 441 g/mol. The number of likely N-dealkylation sites (tertiary alicyclic amines) is 2. The lowest BCUT2D eigenvalue weighted by Crippen LogP contribution is -2.46. The summed E-state index contributed by atoms with van der Waals surface area (Å²) in [5.74, 6) is -0.345. The summed E-state index contributed by atoms with van der Waals surface area (Å²) in [6.45, 7) is 8.32. The van der Waals surface area contributed by atoms with E-state index in [0.29, 0.717) is 0 Å². The highest BCUT2D eigenvalue weighted by atomic mass is 19.1. The van der Waals surface area contributed by atoms with Gasteiger partial charge in [-0.05, 0) is 61.7 Å². The molecule has 35 heavy (non-hydrogen) atoms. The van der Waals surface area contributed by atoms with Gasteiger partial charge in [0, 0.05) is 55.2 Å². The largest absolute Gasteiger partial charge is 0.469 e. The van der Waals surface area contributed by atoms with Gasteiger partial charge in [0.05, 0.1) is 13.0 Å².